The smallest absolute Gasteiger partial charge is 0.0674 e. The molecule has 3 heterocycles. The molecule has 0 bridgehead atoms. The summed E-state index contributed by atoms with van der Waals surface area (Å²) in [4.78, 5) is 5.06. The summed E-state index contributed by atoms with van der Waals surface area (Å²) in [6.07, 6.45) is 7.64. The molecule has 4 rings (SSSR count). The molecule has 0 unspecified atom stereocenters. The molecule has 1 fully saturated rings. The fraction of sp³-hybridized carbons (Fsp3) is 0.476. The Labute approximate surface area is 155 Å². The molecule has 5 nitrogen and oxygen atoms in total. The normalized spacial score (nSPS) is 19.5. The molecule has 26 heavy (non-hydrogen) atoms. The van der Waals surface area contributed by atoms with Crippen molar-refractivity contribution in [2.75, 3.05) is 52.5 Å². The largest absolute Gasteiger partial charge is 0.379 e. The highest BCUT2D eigenvalue weighted by atomic mass is 16.5. The maximum atomic E-state index is 5.42. The topological polar surface area (TPSA) is 33.5 Å². The van der Waals surface area contributed by atoms with Crippen LogP contribution in [0.2, 0.25) is 0 Å². The number of hydrogen-bond donors (Lipinski definition) is 0. The minimum Gasteiger partial charge on any atom is -0.379 e. The van der Waals surface area contributed by atoms with Crippen LogP contribution in [0.15, 0.2) is 42.7 Å². The molecule has 0 spiro atoms. The van der Waals surface area contributed by atoms with Crippen LogP contribution in [0.3, 0.4) is 0 Å². The van der Waals surface area contributed by atoms with Gasteiger partial charge < -0.3 is 4.74 Å². The van der Waals surface area contributed by atoms with E-state index in [4.69, 9.17) is 4.74 Å². The number of aromatic nitrogens is 2. The summed E-state index contributed by atoms with van der Waals surface area (Å²) in [5, 5.41) is 4.58. The number of para-hydroxylation sites is 1. The van der Waals surface area contributed by atoms with Crippen LogP contribution < -0.4 is 0 Å². The van der Waals surface area contributed by atoms with Gasteiger partial charge in [-0.15, -0.1) is 0 Å². The van der Waals surface area contributed by atoms with E-state index in [0.29, 0.717) is 0 Å². The zero-order valence-corrected chi connectivity index (χ0v) is 15.6. The summed E-state index contributed by atoms with van der Waals surface area (Å²) in [5.41, 5.74) is 5.07. The Balaban J connectivity index is 1.35. The maximum Gasteiger partial charge on any atom is 0.0674 e. The highest BCUT2D eigenvalue weighted by molar-refractivity contribution is 5.66. The van der Waals surface area contributed by atoms with E-state index in [9.17, 15) is 0 Å². The Morgan fingerprint density at radius 2 is 1.85 bits per heavy atom. The molecule has 1 saturated heterocycles. The third-order valence-electron chi connectivity index (χ3n) is 5.45. The SMILES string of the molecule is Cc1ccccc1-n1cc(C2=CCN(CCN3CCOCC3)CC2)cn1. The second-order valence-corrected chi connectivity index (χ2v) is 7.19. The first-order chi connectivity index (χ1) is 12.8. The second-order valence-electron chi connectivity index (χ2n) is 7.19. The first-order valence-corrected chi connectivity index (χ1v) is 9.62. The maximum absolute atomic E-state index is 5.42. The van der Waals surface area contributed by atoms with Gasteiger partial charge in [0.05, 0.1) is 25.1 Å². The van der Waals surface area contributed by atoms with Crippen molar-refractivity contribution in [1.82, 2.24) is 19.6 Å². The molecule has 2 aliphatic heterocycles. The van der Waals surface area contributed by atoms with Crippen LogP contribution >= 0.6 is 0 Å². The van der Waals surface area contributed by atoms with E-state index in [1.807, 2.05) is 10.9 Å². The van der Waals surface area contributed by atoms with Gasteiger partial charge in [0.2, 0.25) is 0 Å². The number of hydrogen-bond acceptors (Lipinski definition) is 4. The Kier molecular flexibility index (Phi) is 5.48. The van der Waals surface area contributed by atoms with Crippen LogP contribution in [0, 0.1) is 6.92 Å². The van der Waals surface area contributed by atoms with Crippen LogP contribution in [-0.2, 0) is 4.74 Å². The molecular weight excluding hydrogens is 324 g/mol. The van der Waals surface area contributed by atoms with Gasteiger partial charge in [-0.25, -0.2) is 4.68 Å². The summed E-state index contributed by atoms with van der Waals surface area (Å²) >= 11 is 0. The Morgan fingerprint density at radius 1 is 1.04 bits per heavy atom. The lowest BCUT2D eigenvalue weighted by molar-refractivity contribution is 0.0338. The third kappa shape index (κ3) is 4.06. The number of morpholine rings is 1. The summed E-state index contributed by atoms with van der Waals surface area (Å²) in [7, 11) is 0. The molecular formula is C21H28N4O. The number of benzene rings is 1. The van der Waals surface area contributed by atoms with Gasteiger partial charge in [0, 0.05) is 51.0 Å². The Bertz CT molecular complexity index is 761. The van der Waals surface area contributed by atoms with E-state index >= 15 is 0 Å². The Morgan fingerprint density at radius 3 is 2.62 bits per heavy atom. The molecule has 0 atom stereocenters. The highest BCUT2D eigenvalue weighted by Gasteiger charge is 2.16. The van der Waals surface area contributed by atoms with Crippen molar-refractivity contribution in [3.63, 3.8) is 0 Å². The van der Waals surface area contributed by atoms with Crippen LogP contribution in [-0.4, -0.2) is 72.1 Å². The number of ether oxygens (including phenoxy) is 1. The van der Waals surface area contributed by atoms with Crippen LogP contribution in [0.25, 0.3) is 11.3 Å². The standard InChI is InChI=1S/C21H28N4O/c1-18-4-2-3-5-21(18)25-17-20(16-22-25)19-6-8-23(9-7-19)10-11-24-12-14-26-15-13-24/h2-6,16-17H,7-15H2,1H3. The summed E-state index contributed by atoms with van der Waals surface area (Å²) in [5.74, 6) is 0. The van der Waals surface area contributed by atoms with Crippen LogP contribution in [0.5, 0.6) is 0 Å². The van der Waals surface area contributed by atoms with Gasteiger partial charge in [0.15, 0.2) is 0 Å². The van der Waals surface area contributed by atoms with E-state index in [-0.39, 0.29) is 0 Å². The quantitative estimate of drug-likeness (QED) is 0.828. The van der Waals surface area contributed by atoms with Crippen LogP contribution in [0.4, 0.5) is 0 Å². The van der Waals surface area contributed by atoms with E-state index in [1.165, 1.54) is 16.7 Å². The van der Waals surface area contributed by atoms with Gasteiger partial charge in [-0.3, -0.25) is 9.80 Å². The van der Waals surface area contributed by atoms with E-state index in [1.54, 1.807) is 0 Å². The molecule has 2 aliphatic rings. The van der Waals surface area contributed by atoms with Crippen molar-refractivity contribution in [2.24, 2.45) is 0 Å². The van der Waals surface area contributed by atoms with Crippen molar-refractivity contribution in [1.29, 1.82) is 0 Å². The average Bonchev–Trinajstić information content (AvgIpc) is 3.18. The fourth-order valence-electron chi connectivity index (χ4n) is 3.72. The van der Waals surface area contributed by atoms with Gasteiger partial charge in [-0.2, -0.15) is 5.10 Å². The Hall–Kier alpha value is -1.95. The second kappa shape index (κ2) is 8.16. The third-order valence-corrected chi connectivity index (χ3v) is 5.45. The fourth-order valence-corrected chi connectivity index (χ4v) is 3.72. The van der Waals surface area contributed by atoms with Crippen molar-refractivity contribution in [2.45, 2.75) is 13.3 Å². The van der Waals surface area contributed by atoms with Crippen molar-refractivity contribution in [3.05, 3.63) is 53.9 Å². The van der Waals surface area contributed by atoms with Gasteiger partial charge in [-0.1, -0.05) is 24.3 Å². The van der Waals surface area contributed by atoms with Crippen molar-refractivity contribution >= 4 is 5.57 Å². The minimum absolute atomic E-state index is 0.884. The van der Waals surface area contributed by atoms with E-state index in [0.717, 1.165) is 64.6 Å². The van der Waals surface area contributed by atoms with Gasteiger partial charge >= 0.3 is 0 Å². The number of rotatable bonds is 5. The molecule has 0 radical (unpaired) electrons. The van der Waals surface area contributed by atoms with Crippen molar-refractivity contribution in [3.8, 4) is 5.69 Å². The summed E-state index contributed by atoms with van der Waals surface area (Å²) < 4.78 is 7.42. The molecule has 0 aliphatic carbocycles. The lowest BCUT2D eigenvalue weighted by Crippen LogP contribution is -2.42. The monoisotopic (exact) mass is 352 g/mol. The highest BCUT2D eigenvalue weighted by Crippen LogP contribution is 2.23. The number of nitrogens with zero attached hydrogens (tertiary/aromatic N) is 4. The molecule has 2 aromatic rings. The van der Waals surface area contributed by atoms with Crippen LogP contribution in [0.1, 0.15) is 17.5 Å². The zero-order chi connectivity index (χ0) is 17.8. The predicted octanol–water partition coefficient (Wildman–Crippen LogP) is 2.60. The molecule has 138 valence electrons. The van der Waals surface area contributed by atoms with E-state index < -0.39 is 0 Å². The van der Waals surface area contributed by atoms with Gasteiger partial charge in [-0.05, 0) is 30.5 Å². The lowest BCUT2D eigenvalue weighted by Gasteiger charge is -2.31. The summed E-state index contributed by atoms with van der Waals surface area (Å²) in [6, 6.07) is 8.38. The first-order valence-electron chi connectivity index (χ1n) is 9.62. The summed E-state index contributed by atoms with van der Waals surface area (Å²) in [6.45, 7) is 10.5. The van der Waals surface area contributed by atoms with Gasteiger partial charge in [0.1, 0.15) is 0 Å². The van der Waals surface area contributed by atoms with Crippen molar-refractivity contribution < 1.29 is 4.74 Å². The first kappa shape index (κ1) is 17.5. The zero-order valence-electron chi connectivity index (χ0n) is 15.6. The van der Waals surface area contributed by atoms with Gasteiger partial charge in [0.25, 0.3) is 0 Å². The minimum atomic E-state index is 0.884. The molecule has 1 aromatic heterocycles. The molecule has 0 saturated carbocycles. The lowest BCUT2D eigenvalue weighted by atomic mass is 10.0. The molecule has 5 heteroatoms. The predicted molar refractivity (Wildman–Crippen MR) is 105 cm³/mol. The molecule has 0 N–H and O–H groups in total. The molecule has 1 aromatic carbocycles. The average molecular weight is 352 g/mol. The number of aryl methyl sites for hydroxylation is 1. The molecule has 0 amide bonds. The van der Waals surface area contributed by atoms with E-state index in [2.05, 4.69) is 58.4 Å².